The van der Waals surface area contributed by atoms with Gasteiger partial charge in [0.05, 0.1) is 12.4 Å². The smallest absolute Gasteiger partial charge is 0.248 e. The number of alkyl halides is 1. The van der Waals surface area contributed by atoms with Gasteiger partial charge < -0.3 is 21.1 Å². The normalized spacial score (nSPS) is 11.9. The molecule has 4 N–H and O–H groups in total. The molecule has 0 aliphatic rings. The van der Waals surface area contributed by atoms with Gasteiger partial charge in [0.15, 0.2) is 0 Å². The maximum atomic E-state index is 11.2. The Morgan fingerprint density at radius 3 is 1.97 bits per heavy atom. The Balaban J connectivity index is 0. The summed E-state index contributed by atoms with van der Waals surface area (Å²) >= 11 is 0. The van der Waals surface area contributed by atoms with Gasteiger partial charge in [-0.15, -0.1) is 0 Å². The largest absolute Gasteiger partial charge is 0.366 e. The number of aryl methyl sites for hydroxylation is 1. The molecule has 1 rings (SSSR count). The van der Waals surface area contributed by atoms with E-state index < -0.39 is 5.91 Å². The third-order valence-corrected chi connectivity index (χ3v) is 5.17. The van der Waals surface area contributed by atoms with E-state index in [4.69, 9.17) is 16.6 Å². The first-order chi connectivity index (χ1) is 16.9. The zero-order chi connectivity index (χ0) is 28.3. The van der Waals surface area contributed by atoms with Crippen LogP contribution in [-0.4, -0.2) is 34.1 Å². The molecule has 0 aliphatic heterocycles. The number of halogens is 1. The predicted molar refractivity (Wildman–Crippen MR) is 154 cm³/mol. The van der Waals surface area contributed by atoms with Gasteiger partial charge in [0, 0.05) is 41.9 Å². The summed E-state index contributed by atoms with van der Waals surface area (Å²) in [7, 11) is 1.88. The van der Waals surface area contributed by atoms with Gasteiger partial charge in [0.25, 0.3) is 0 Å². The first-order valence-electron chi connectivity index (χ1n) is 12.6. The minimum absolute atomic E-state index is 0.156. The number of primary amides is 1. The van der Waals surface area contributed by atoms with Crippen LogP contribution in [0.25, 0.3) is 11.1 Å². The van der Waals surface area contributed by atoms with E-state index in [1.165, 1.54) is 31.9 Å². The summed E-state index contributed by atoms with van der Waals surface area (Å²) in [6.45, 7) is 17.2. The quantitative estimate of drug-likeness (QED) is 0.118. The Morgan fingerprint density at radius 1 is 1.08 bits per heavy atom. The molecule has 202 valence electrons. The summed E-state index contributed by atoms with van der Waals surface area (Å²) in [6, 6.07) is 0. The van der Waals surface area contributed by atoms with Crippen LogP contribution in [0.1, 0.15) is 98.5 Å². The SMILES string of the molecule is C=C(/C=C(C)\C(C=N)=C(/C)c1nc(/C(C)=C/C(C)=N)cn1C)C(N)=O.CCCCCC.CCCCF. The number of nitrogens with one attached hydrogen (secondary N) is 2. The van der Waals surface area contributed by atoms with Crippen LogP contribution in [0.4, 0.5) is 4.39 Å². The molecule has 7 heteroatoms. The van der Waals surface area contributed by atoms with Crippen molar-refractivity contribution in [3.8, 4) is 0 Å². The average Bonchev–Trinajstić information content (AvgIpc) is 3.20. The summed E-state index contributed by atoms with van der Waals surface area (Å²) in [5.41, 5.74) is 9.69. The lowest BCUT2D eigenvalue weighted by Gasteiger charge is -2.09. The van der Waals surface area contributed by atoms with E-state index in [0.29, 0.717) is 22.7 Å². The van der Waals surface area contributed by atoms with Crippen molar-refractivity contribution in [3.63, 3.8) is 0 Å². The monoisotopic (exact) mass is 501 g/mol. The lowest BCUT2D eigenvalue weighted by molar-refractivity contribution is -0.114. The molecule has 1 aromatic rings. The molecule has 0 aliphatic carbocycles. The number of carbonyl (C=O) groups is 1. The zero-order valence-electron chi connectivity index (χ0n) is 23.7. The predicted octanol–water partition coefficient (Wildman–Crippen LogP) is 7.62. The van der Waals surface area contributed by atoms with E-state index >= 15 is 0 Å². The lowest BCUT2D eigenvalue weighted by Crippen LogP contribution is -2.12. The number of nitrogens with two attached hydrogens (primary N) is 1. The molecule has 0 bridgehead atoms. The number of amides is 1. The molecule has 0 radical (unpaired) electrons. The Hall–Kier alpha value is -3.09. The Kier molecular flexibility index (Phi) is 19.6. The van der Waals surface area contributed by atoms with Crippen LogP contribution in [0.15, 0.2) is 41.6 Å². The van der Waals surface area contributed by atoms with Crippen LogP contribution in [0, 0.1) is 10.8 Å². The van der Waals surface area contributed by atoms with Crippen LogP contribution >= 0.6 is 0 Å². The second kappa shape index (κ2) is 20.1. The van der Waals surface area contributed by atoms with Gasteiger partial charge in [0.2, 0.25) is 5.91 Å². The van der Waals surface area contributed by atoms with E-state index in [0.717, 1.165) is 29.7 Å². The van der Waals surface area contributed by atoms with Crippen molar-refractivity contribution in [1.82, 2.24) is 9.55 Å². The minimum Gasteiger partial charge on any atom is -0.366 e. The highest BCUT2D eigenvalue weighted by molar-refractivity contribution is 5.98. The van der Waals surface area contributed by atoms with Crippen LogP contribution in [0.5, 0.6) is 0 Å². The molecular weight excluding hydrogens is 453 g/mol. The zero-order valence-corrected chi connectivity index (χ0v) is 23.7. The molecule has 0 fully saturated rings. The summed E-state index contributed by atoms with van der Waals surface area (Å²) in [4.78, 5) is 15.8. The molecule has 0 aromatic carbocycles. The summed E-state index contributed by atoms with van der Waals surface area (Å²) < 4.78 is 12.9. The molecule has 1 amide bonds. The molecule has 0 saturated heterocycles. The fourth-order valence-corrected chi connectivity index (χ4v) is 3.09. The van der Waals surface area contributed by atoms with Crippen molar-refractivity contribution in [2.24, 2.45) is 12.8 Å². The molecule has 0 saturated carbocycles. The second-order valence-electron chi connectivity index (χ2n) is 8.72. The van der Waals surface area contributed by atoms with Crippen molar-refractivity contribution in [3.05, 3.63) is 53.2 Å². The number of unbranched alkanes of at least 4 members (excludes halogenated alkanes) is 4. The van der Waals surface area contributed by atoms with Gasteiger partial charge in [-0.25, -0.2) is 4.98 Å². The highest BCUT2D eigenvalue weighted by atomic mass is 19.1. The number of hydrogen-bond acceptors (Lipinski definition) is 4. The van der Waals surface area contributed by atoms with Gasteiger partial charge in [0.1, 0.15) is 5.82 Å². The Morgan fingerprint density at radius 2 is 1.61 bits per heavy atom. The topological polar surface area (TPSA) is 109 Å². The van der Waals surface area contributed by atoms with Gasteiger partial charge in [-0.3, -0.25) is 9.18 Å². The van der Waals surface area contributed by atoms with E-state index in [2.05, 4.69) is 25.4 Å². The third kappa shape index (κ3) is 14.3. The molecule has 0 spiro atoms. The van der Waals surface area contributed by atoms with E-state index in [9.17, 15) is 9.18 Å². The molecule has 36 heavy (non-hydrogen) atoms. The molecule has 0 unspecified atom stereocenters. The molecule has 1 aromatic heterocycles. The standard InChI is InChI=1S/C19H25N5O.C6H14.C4H9F/c1-11(7-13(3)18(22)25)16(9-20)15(5)19-23-17(10-24(19)6)12(2)8-14(4)21;1-3-5-6-4-2;1-2-3-4-5/h7-10,20-21H,3H2,1-2,4-6H3,(H2,22,25);3-6H2,1-2H3;2-4H2,1H3/b11-7-,12-8+,16-15+,20-9?,21-14?;;. The van der Waals surface area contributed by atoms with Gasteiger partial charge in [-0.1, -0.05) is 59.5 Å². The number of aromatic nitrogens is 2. The average molecular weight is 502 g/mol. The molecule has 6 nitrogen and oxygen atoms in total. The molecule has 0 atom stereocenters. The third-order valence-electron chi connectivity index (χ3n) is 5.17. The van der Waals surface area contributed by atoms with E-state index in [1.807, 2.05) is 38.6 Å². The van der Waals surface area contributed by atoms with Crippen LogP contribution in [-0.2, 0) is 11.8 Å². The lowest BCUT2D eigenvalue weighted by atomic mass is 10.0. The fourth-order valence-electron chi connectivity index (χ4n) is 3.09. The van der Waals surface area contributed by atoms with Gasteiger partial charge in [-0.05, 0) is 57.4 Å². The van der Waals surface area contributed by atoms with Crippen LogP contribution < -0.4 is 5.73 Å². The van der Waals surface area contributed by atoms with Crippen molar-refractivity contribution in [2.45, 2.75) is 87.0 Å². The maximum Gasteiger partial charge on any atom is 0.248 e. The number of carbonyl (C=O) groups excluding carboxylic acids is 1. The molecular formula is C29H48FN5O. The number of imidazole rings is 1. The molecule has 1 heterocycles. The number of rotatable bonds is 12. The van der Waals surface area contributed by atoms with Crippen molar-refractivity contribution in [1.29, 1.82) is 10.8 Å². The van der Waals surface area contributed by atoms with Crippen LogP contribution in [0.2, 0.25) is 0 Å². The van der Waals surface area contributed by atoms with Gasteiger partial charge >= 0.3 is 0 Å². The summed E-state index contributed by atoms with van der Waals surface area (Å²) in [6.07, 6.45) is 13.7. The summed E-state index contributed by atoms with van der Waals surface area (Å²) in [5, 5.41) is 15.3. The van der Waals surface area contributed by atoms with Crippen molar-refractivity contribution in [2.75, 3.05) is 6.67 Å². The number of nitrogens with zero attached hydrogens (tertiary/aromatic N) is 2. The van der Waals surface area contributed by atoms with Crippen LogP contribution in [0.3, 0.4) is 0 Å². The second-order valence-corrected chi connectivity index (χ2v) is 8.72. The van der Waals surface area contributed by atoms with E-state index in [1.54, 1.807) is 26.0 Å². The first kappa shape index (κ1) is 35.1. The number of hydrogen-bond donors (Lipinski definition) is 3. The van der Waals surface area contributed by atoms with Gasteiger partial charge in [-0.2, -0.15) is 0 Å². The first-order valence-corrected chi connectivity index (χ1v) is 12.6. The van der Waals surface area contributed by atoms with E-state index in [-0.39, 0.29) is 12.2 Å². The summed E-state index contributed by atoms with van der Waals surface area (Å²) in [5.74, 6) is 0.115. The Labute approximate surface area is 218 Å². The maximum absolute atomic E-state index is 11.2. The fraction of sp³-hybridized carbons (Fsp3) is 0.517. The van der Waals surface area contributed by atoms with Crippen molar-refractivity contribution >= 4 is 29.0 Å². The minimum atomic E-state index is -0.594. The number of allylic oxidation sites excluding steroid dienone is 5. The highest BCUT2D eigenvalue weighted by Crippen LogP contribution is 2.24. The Bertz CT molecular complexity index is 945. The van der Waals surface area contributed by atoms with Crippen molar-refractivity contribution < 1.29 is 9.18 Å². The highest BCUT2D eigenvalue weighted by Gasteiger charge is 2.13.